The lowest BCUT2D eigenvalue weighted by Crippen LogP contribution is -2.33. The molecular formula is C12H24N2S. The van der Waals surface area contributed by atoms with Crippen molar-refractivity contribution in [1.29, 1.82) is 0 Å². The SMILES string of the molecule is CN1CCC(CN(C)CC2(CS)CC2)C1. The molecular weight excluding hydrogens is 204 g/mol. The quantitative estimate of drug-likeness (QED) is 0.714. The Morgan fingerprint density at radius 3 is 2.67 bits per heavy atom. The van der Waals surface area contributed by atoms with Crippen LogP contribution in [0.5, 0.6) is 0 Å². The highest BCUT2D eigenvalue weighted by Crippen LogP contribution is 2.46. The fourth-order valence-corrected chi connectivity index (χ4v) is 3.21. The zero-order chi connectivity index (χ0) is 10.9. The van der Waals surface area contributed by atoms with Crippen LogP contribution < -0.4 is 0 Å². The second-order valence-corrected chi connectivity index (χ2v) is 6.09. The highest BCUT2D eigenvalue weighted by atomic mass is 32.1. The molecule has 0 N–H and O–H groups in total. The van der Waals surface area contributed by atoms with Crippen LogP contribution in [0.4, 0.5) is 0 Å². The lowest BCUT2D eigenvalue weighted by atomic mass is 10.1. The molecule has 1 heterocycles. The first-order chi connectivity index (χ1) is 7.13. The predicted octanol–water partition coefficient (Wildman–Crippen LogP) is 1.58. The van der Waals surface area contributed by atoms with Gasteiger partial charge in [0.2, 0.25) is 0 Å². The number of nitrogens with zero attached hydrogens (tertiary/aromatic N) is 2. The first-order valence-corrected chi connectivity index (χ1v) is 6.75. The van der Waals surface area contributed by atoms with Crippen molar-refractivity contribution in [2.24, 2.45) is 11.3 Å². The average Bonchev–Trinajstić information content (AvgIpc) is 2.84. The summed E-state index contributed by atoms with van der Waals surface area (Å²) in [5.41, 5.74) is 0.586. The topological polar surface area (TPSA) is 6.48 Å². The Labute approximate surface area is 99.4 Å². The van der Waals surface area contributed by atoms with Gasteiger partial charge in [-0.25, -0.2) is 0 Å². The summed E-state index contributed by atoms with van der Waals surface area (Å²) in [7, 11) is 4.51. The van der Waals surface area contributed by atoms with Crippen molar-refractivity contribution in [3.05, 3.63) is 0 Å². The number of rotatable bonds is 5. The second kappa shape index (κ2) is 4.64. The molecule has 1 unspecified atom stereocenters. The maximum absolute atomic E-state index is 4.47. The fourth-order valence-electron chi connectivity index (χ4n) is 2.80. The Bertz CT molecular complexity index is 216. The van der Waals surface area contributed by atoms with E-state index in [2.05, 4.69) is 36.5 Å². The van der Waals surface area contributed by atoms with Crippen molar-refractivity contribution in [2.75, 3.05) is 46.0 Å². The minimum atomic E-state index is 0.586. The van der Waals surface area contributed by atoms with Crippen LogP contribution in [-0.4, -0.2) is 55.8 Å². The van der Waals surface area contributed by atoms with Gasteiger partial charge >= 0.3 is 0 Å². The van der Waals surface area contributed by atoms with E-state index in [1.54, 1.807) is 0 Å². The molecule has 1 saturated heterocycles. The summed E-state index contributed by atoms with van der Waals surface area (Å²) in [4.78, 5) is 4.98. The third-order valence-electron chi connectivity index (χ3n) is 3.96. The molecule has 1 aliphatic carbocycles. The summed E-state index contributed by atoms with van der Waals surface area (Å²) >= 11 is 4.47. The largest absolute Gasteiger partial charge is 0.306 e. The normalized spacial score (nSPS) is 30.0. The molecule has 2 rings (SSSR count). The van der Waals surface area contributed by atoms with Crippen LogP contribution in [-0.2, 0) is 0 Å². The van der Waals surface area contributed by atoms with Gasteiger partial charge in [-0.05, 0) is 57.0 Å². The van der Waals surface area contributed by atoms with Crippen molar-refractivity contribution < 1.29 is 0 Å². The van der Waals surface area contributed by atoms with Gasteiger partial charge in [-0.2, -0.15) is 12.6 Å². The van der Waals surface area contributed by atoms with Crippen molar-refractivity contribution in [2.45, 2.75) is 19.3 Å². The molecule has 0 radical (unpaired) electrons. The van der Waals surface area contributed by atoms with Gasteiger partial charge in [0.05, 0.1) is 0 Å². The third kappa shape index (κ3) is 3.11. The molecule has 0 amide bonds. The molecule has 0 aromatic rings. The highest BCUT2D eigenvalue weighted by Gasteiger charge is 2.42. The van der Waals surface area contributed by atoms with Gasteiger partial charge in [-0.1, -0.05) is 0 Å². The molecule has 0 spiro atoms. The van der Waals surface area contributed by atoms with E-state index in [0.717, 1.165) is 11.7 Å². The molecule has 1 atom stereocenters. The minimum Gasteiger partial charge on any atom is -0.306 e. The van der Waals surface area contributed by atoms with E-state index in [-0.39, 0.29) is 0 Å². The third-order valence-corrected chi connectivity index (χ3v) is 4.63. The molecule has 15 heavy (non-hydrogen) atoms. The first-order valence-electron chi connectivity index (χ1n) is 6.11. The Balaban J connectivity index is 1.70. The van der Waals surface area contributed by atoms with Crippen LogP contribution in [0.25, 0.3) is 0 Å². The zero-order valence-corrected chi connectivity index (χ0v) is 11.0. The molecule has 2 aliphatic rings. The van der Waals surface area contributed by atoms with Crippen LogP contribution in [0.1, 0.15) is 19.3 Å². The maximum atomic E-state index is 4.47. The standard InChI is InChI=1S/C12H24N2S/c1-13-6-3-11(7-13)8-14(2)9-12(10-15)4-5-12/h11,15H,3-10H2,1-2H3. The Hall–Kier alpha value is 0.270. The van der Waals surface area contributed by atoms with Crippen LogP contribution in [0, 0.1) is 11.3 Å². The minimum absolute atomic E-state index is 0.586. The summed E-state index contributed by atoms with van der Waals surface area (Å²) in [5.74, 6) is 1.97. The van der Waals surface area contributed by atoms with Gasteiger partial charge < -0.3 is 9.80 Å². The molecule has 2 fully saturated rings. The summed E-state index contributed by atoms with van der Waals surface area (Å²) < 4.78 is 0. The van der Waals surface area contributed by atoms with Gasteiger partial charge in [0.1, 0.15) is 0 Å². The van der Waals surface area contributed by atoms with E-state index in [1.165, 1.54) is 45.4 Å². The Kier molecular flexibility index (Phi) is 3.63. The first kappa shape index (κ1) is 11.7. The van der Waals surface area contributed by atoms with Crippen molar-refractivity contribution in [1.82, 2.24) is 9.80 Å². The Morgan fingerprint density at radius 1 is 1.47 bits per heavy atom. The summed E-state index contributed by atoms with van der Waals surface area (Å²) in [6, 6.07) is 0. The fraction of sp³-hybridized carbons (Fsp3) is 1.00. The van der Waals surface area contributed by atoms with E-state index in [9.17, 15) is 0 Å². The van der Waals surface area contributed by atoms with Crippen LogP contribution in [0.3, 0.4) is 0 Å². The van der Waals surface area contributed by atoms with E-state index in [4.69, 9.17) is 0 Å². The summed E-state index contributed by atoms with van der Waals surface area (Å²) in [6.07, 6.45) is 4.17. The maximum Gasteiger partial charge on any atom is 0.00429 e. The van der Waals surface area contributed by atoms with Gasteiger partial charge in [-0.3, -0.25) is 0 Å². The predicted molar refractivity (Wildman–Crippen MR) is 68.6 cm³/mol. The van der Waals surface area contributed by atoms with Crippen LogP contribution >= 0.6 is 12.6 Å². The highest BCUT2D eigenvalue weighted by molar-refractivity contribution is 7.80. The molecule has 2 nitrogen and oxygen atoms in total. The van der Waals surface area contributed by atoms with E-state index in [1.807, 2.05) is 0 Å². The smallest absolute Gasteiger partial charge is 0.00429 e. The van der Waals surface area contributed by atoms with Crippen LogP contribution in [0.2, 0.25) is 0 Å². The average molecular weight is 228 g/mol. The van der Waals surface area contributed by atoms with Gasteiger partial charge in [-0.15, -0.1) is 0 Å². The summed E-state index contributed by atoms with van der Waals surface area (Å²) in [5, 5.41) is 0. The molecule has 0 aromatic heterocycles. The van der Waals surface area contributed by atoms with Gasteiger partial charge in [0.25, 0.3) is 0 Å². The lowest BCUT2D eigenvalue weighted by Gasteiger charge is -2.25. The second-order valence-electron chi connectivity index (χ2n) is 5.77. The zero-order valence-electron chi connectivity index (χ0n) is 10.1. The summed E-state index contributed by atoms with van der Waals surface area (Å²) in [6.45, 7) is 5.12. The number of hydrogen-bond acceptors (Lipinski definition) is 3. The van der Waals surface area contributed by atoms with Gasteiger partial charge in [0.15, 0.2) is 0 Å². The number of thiol groups is 1. The Morgan fingerprint density at radius 2 is 2.20 bits per heavy atom. The van der Waals surface area contributed by atoms with E-state index in [0.29, 0.717) is 5.41 Å². The van der Waals surface area contributed by atoms with Crippen molar-refractivity contribution >= 4 is 12.6 Å². The van der Waals surface area contributed by atoms with E-state index < -0.39 is 0 Å². The van der Waals surface area contributed by atoms with Gasteiger partial charge in [0, 0.05) is 19.6 Å². The van der Waals surface area contributed by atoms with Crippen molar-refractivity contribution in [3.8, 4) is 0 Å². The molecule has 0 aromatic carbocycles. The monoisotopic (exact) mass is 228 g/mol. The molecule has 88 valence electrons. The molecule has 1 aliphatic heterocycles. The number of likely N-dealkylation sites (tertiary alicyclic amines) is 1. The van der Waals surface area contributed by atoms with E-state index >= 15 is 0 Å². The lowest BCUT2D eigenvalue weighted by molar-refractivity contribution is 0.237. The van der Waals surface area contributed by atoms with Crippen LogP contribution in [0.15, 0.2) is 0 Å². The molecule has 3 heteroatoms. The molecule has 1 saturated carbocycles. The molecule has 0 bridgehead atoms. The van der Waals surface area contributed by atoms with Crippen molar-refractivity contribution in [3.63, 3.8) is 0 Å². The number of hydrogen-bond donors (Lipinski definition) is 1.